The fourth-order valence-corrected chi connectivity index (χ4v) is 7.29. The average Bonchev–Trinajstić information content (AvgIpc) is 3.50. The lowest BCUT2D eigenvalue weighted by Crippen LogP contribution is -2.55. The van der Waals surface area contributed by atoms with Gasteiger partial charge >= 0.3 is 0 Å². The molecule has 2 fully saturated rings. The summed E-state index contributed by atoms with van der Waals surface area (Å²) in [5, 5.41) is 19.7. The minimum Gasteiger partial charge on any atom is -0.495 e. The van der Waals surface area contributed by atoms with E-state index in [1.807, 2.05) is 21.9 Å². The number of likely N-dealkylation sites (tertiary alicyclic amines) is 2. The molecule has 0 atom stereocenters. The highest BCUT2D eigenvalue weighted by Crippen LogP contribution is 2.38. The van der Waals surface area contributed by atoms with Gasteiger partial charge in [-0.2, -0.15) is 19.6 Å². The highest BCUT2D eigenvalue weighted by Gasteiger charge is 2.30. The van der Waals surface area contributed by atoms with Gasteiger partial charge in [-0.1, -0.05) is 12.1 Å². The lowest BCUT2D eigenvalue weighted by molar-refractivity contribution is -0.136. The number of nitrogens with zero attached hydrogens (tertiary/aromatic N) is 6. The molecule has 2 aliphatic rings. The number of hydrogen-bond donors (Lipinski definition) is 3. The monoisotopic (exact) mass is 648 g/mol. The van der Waals surface area contributed by atoms with Crippen molar-refractivity contribution in [2.75, 3.05) is 50.5 Å². The van der Waals surface area contributed by atoms with E-state index in [1.54, 1.807) is 57.5 Å². The van der Waals surface area contributed by atoms with E-state index >= 15 is 0 Å². The van der Waals surface area contributed by atoms with Crippen LogP contribution < -0.4 is 15.4 Å². The summed E-state index contributed by atoms with van der Waals surface area (Å²) in [7, 11) is -1.95. The van der Waals surface area contributed by atoms with Gasteiger partial charge in [-0.15, -0.1) is 0 Å². The third kappa shape index (κ3) is 6.37. The number of aromatic nitrogens is 4. The summed E-state index contributed by atoms with van der Waals surface area (Å²) >= 11 is 0. The number of aliphatic hydroxyl groups excluding tert-OH is 1. The fourth-order valence-electron chi connectivity index (χ4n) is 6.09. The SMILES string of the molecule is COc1cc(C2CCN(C(=O)CN3CC(O)C3)CC2)c(C)cc1Nc1nc(Nc2ccccc2S(=O)(=O)C(C)C)n2nccc2n1. The largest absolute Gasteiger partial charge is 0.495 e. The Morgan fingerprint density at radius 3 is 2.50 bits per heavy atom. The number of rotatable bonds is 10. The number of β-amino-alcohol motifs (C(OH)–C–C–N with tert-alkyl or cyclic N) is 1. The summed E-state index contributed by atoms with van der Waals surface area (Å²) in [6, 6.07) is 12.5. The van der Waals surface area contributed by atoms with Crippen LogP contribution in [0.1, 0.15) is 43.7 Å². The molecule has 2 aromatic carbocycles. The molecule has 0 spiro atoms. The molecular formula is C32H40N8O5S. The van der Waals surface area contributed by atoms with Crippen molar-refractivity contribution in [3.05, 3.63) is 59.8 Å². The van der Waals surface area contributed by atoms with E-state index in [2.05, 4.69) is 32.6 Å². The van der Waals surface area contributed by atoms with E-state index < -0.39 is 15.1 Å². The Morgan fingerprint density at radius 1 is 1.07 bits per heavy atom. The number of carbonyl (C=O) groups is 1. The summed E-state index contributed by atoms with van der Waals surface area (Å²) < 4.78 is 33.5. The second-order valence-corrected chi connectivity index (χ2v) is 14.7. The summed E-state index contributed by atoms with van der Waals surface area (Å²) in [6.45, 7) is 8.25. The number of anilines is 4. The van der Waals surface area contributed by atoms with Crippen molar-refractivity contribution in [1.82, 2.24) is 29.4 Å². The van der Waals surface area contributed by atoms with Crippen LogP contribution in [0.25, 0.3) is 5.65 Å². The summed E-state index contributed by atoms with van der Waals surface area (Å²) in [6.07, 6.45) is 3.00. The van der Waals surface area contributed by atoms with Crippen molar-refractivity contribution < 1.29 is 23.1 Å². The maximum absolute atomic E-state index is 13.1. The van der Waals surface area contributed by atoms with E-state index in [0.29, 0.717) is 61.4 Å². The first-order chi connectivity index (χ1) is 22.0. The maximum Gasteiger partial charge on any atom is 0.236 e. The normalized spacial score (nSPS) is 16.5. The molecule has 6 rings (SSSR count). The summed E-state index contributed by atoms with van der Waals surface area (Å²) in [4.78, 5) is 26.1. The van der Waals surface area contributed by atoms with Crippen LogP contribution >= 0.6 is 0 Å². The third-order valence-electron chi connectivity index (χ3n) is 8.74. The van der Waals surface area contributed by atoms with Crippen LogP contribution in [0.3, 0.4) is 0 Å². The number of hydrogen-bond acceptors (Lipinski definition) is 11. The molecule has 14 heteroatoms. The zero-order valence-corrected chi connectivity index (χ0v) is 27.3. The van der Waals surface area contributed by atoms with Gasteiger partial charge in [0, 0.05) is 32.2 Å². The number of carbonyl (C=O) groups excluding carboxylic acids is 1. The Morgan fingerprint density at radius 2 is 1.80 bits per heavy atom. The van der Waals surface area contributed by atoms with Gasteiger partial charge in [0.25, 0.3) is 0 Å². The van der Waals surface area contributed by atoms with E-state index in [4.69, 9.17) is 4.74 Å². The zero-order valence-electron chi connectivity index (χ0n) is 26.5. The Bertz CT molecular complexity index is 1850. The maximum atomic E-state index is 13.1. The Hall–Kier alpha value is -4.27. The molecule has 3 N–H and O–H groups in total. The van der Waals surface area contributed by atoms with Gasteiger partial charge in [0.05, 0.1) is 47.5 Å². The molecule has 0 bridgehead atoms. The number of benzene rings is 2. The molecule has 4 heterocycles. The van der Waals surface area contributed by atoms with Crippen LogP contribution in [0.15, 0.2) is 53.6 Å². The van der Waals surface area contributed by atoms with Gasteiger partial charge in [-0.05, 0) is 74.9 Å². The van der Waals surface area contributed by atoms with Crippen LogP contribution in [0.5, 0.6) is 5.75 Å². The number of para-hydroxylation sites is 1. The van der Waals surface area contributed by atoms with E-state index in [-0.39, 0.29) is 28.8 Å². The number of ether oxygens (including phenoxy) is 1. The number of methoxy groups -OCH3 is 1. The third-order valence-corrected chi connectivity index (χ3v) is 10.9. The van der Waals surface area contributed by atoms with Crippen molar-refractivity contribution in [1.29, 1.82) is 0 Å². The Labute approximate surface area is 268 Å². The van der Waals surface area contributed by atoms with Gasteiger partial charge in [-0.3, -0.25) is 9.69 Å². The van der Waals surface area contributed by atoms with E-state index in [9.17, 15) is 18.3 Å². The molecule has 0 aliphatic carbocycles. The van der Waals surface area contributed by atoms with Crippen LogP contribution in [-0.4, -0.2) is 100 Å². The molecule has 4 aromatic rings. The van der Waals surface area contributed by atoms with Gasteiger partial charge in [0.2, 0.25) is 17.8 Å². The second kappa shape index (κ2) is 12.9. The van der Waals surface area contributed by atoms with Crippen LogP contribution in [0, 0.1) is 6.92 Å². The molecular weight excluding hydrogens is 608 g/mol. The van der Waals surface area contributed by atoms with Crippen molar-refractivity contribution in [3.63, 3.8) is 0 Å². The van der Waals surface area contributed by atoms with Crippen molar-refractivity contribution >= 4 is 44.7 Å². The Balaban J connectivity index is 1.21. The molecule has 2 aliphatic heterocycles. The number of piperidine rings is 1. The highest BCUT2D eigenvalue weighted by atomic mass is 32.2. The first kappa shape index (κ1) is 31.7. The molecule has 0 radical (unpaired) electrons. The molecule has 2 saturated heterocycles. The van der Waals surface area contributed by atoms with Crippen molar-refractivity contribution in [2.24, 2.45) is 0 Å². The lowest BCUT2D eigenvalue weighted by atomic mass is 9.86. The van der Waals surface area contributed by atoms with Crippen molar-refractivity contribution in [2.45, 2.75) is 55.8 Å². The minimum atomic E-state index is -3.56. The molecule has 0 saturated carbocycles. The molecule has 13 nitrogen and oxygen atoms in total. The number of amides is 1. The van der Waals surface area contributed by atoms with E-state index in [0.717, 1.165) is 18.4 Å². The van der Waals surface area contributed by atoms with Crippen LogP contribution in [-0.2, 0) is 14.6 Å². The first-order valence-corrected chi connectivity index (χ1v) is 17.0. The molecule has 0 unspecified atom stereocenters. The number of sulfone groups is 1. The van der Waals surface area contributed by atoms with Gasteiger partial charge in [-0.25, -0.2) is 8.42 Å². The molecule has 244 valence electrons. The predicted octanol–water partition coefficient (Wildman–Crippen LogP) is 3.49. The first-order valence-electron chi connectivity index (χ1n) is 15.5. The number of aliphatic hydroxyl groups is 1. The number of aryl methyl sites for hydroxylation is 1. The van der Waals surface area contributed by atoms with Crippen molar-refractivity contribution in [3.8, 4) is 5.75 Å². The number of nitrogens with one attached hydrogen (secondary N) is 2. The van der Waals surface area contributed by atoms with Crippen LogP contribution in [0.2, 0.25) is 0 Å². The standard InChI is InChI=1S/C32H40N8O5S/c1-20(2)46(43,44)28-8-6-5-7-25(28)35-32-37-31(36-29-9-12-33-40(29)32)34-26-15-21(3)24(16-27(26)45-4)22-10-13-39(14-11-22)30(42)19-38-17-23(41)18-38/h5-9,12,15-16,20,22-23,41H,10-11,13-14,17-19H2,1-4H3,(H2,34,35,36,37). The van der Waals surface area contributed by atoms with Gasteiger partial charge in [0.1, 0.15) is 5.75 Å². The smallest absolute Gasteiger partial charge is 0.236 e. The lowest BCUT2D eigenvalue weighted by Gasteiger charge is -2.38. The quantitative estimate of drug-likeness (QED) is 0.232. The molecule has 2 aromatic heterocycles. The molecule has 46 heavy (non-hydrogen) atoms. The highest BCUT2D eigenvalue weighted by molar-refractivity contribution is 7.92. The topological polar surface area (TPSA) is 154 Å². The van der Waals surface area contributed by atoms with E-state index in [1.165, 1.54) is 10.1 Å². The van der Waals surface area contributed by atoms with Gasteiger partial charge < -0.3 is 25.4 Å². The zero-order chi connectivity index (χ0) is 32.6. The second-order valence-electron chi connectivity index (χ2n) is 12.2. The minimum absolute atomic E-state index is 0.119. The average molecular weight is 649 g/mol. The van der Waals surface area contributed by atoms with Gasteiger partial charge in [0.15, 0.2) is 15.5 Å². The van der Waals surface area contributed by atoms with Crippen LogP contribution in [0.4, 0.5) is 23.3 Å². The fraction of sp³-hybridized carbons (Fsp3) is 0.438. The molecule has 1 amide bonds. The summed E-state index contributed by atoms with van der Waals surface area (Å²) in [5.74, 6) is 1.62. The summed E-state index contributed by atoms with van der Waals surface area (Å²) in [5.41, 5.74) is 3.86. The number of fused-ring (bicyclic) bond motifs is 1. The predicted molar refractivity (Wildman–Crippen MR) is 175 cm³/mol. The Kier molecular flexibility index (Phi) is 8.86.